The topological polar surface area (TPSA) is 237 Å². The minimum atomic E-state index is -4.96. The lowest BCUT2D eigenvalue weighted by Crippen LogP contribution is -2.30. The molecule has 0 aliphatic rings. The number of phosphoric acid groups is 2. The molecule has 0 aliphatic heterocycles. The first-order valence-electron chi connectivity index (χ1n) is 37.9. The summed E-state index contributed by atoms with van der Waals surface area (Å²) in [6.45, 7) is 11.9. The number of hydrogen-bond acceptors (Lipinski definition) is 15. The molecule has 0 saturated heterocycles. The first kappa shape index (κ1) is 90.1. The van der Waals surface area contributed by atoms with Crippen molar-refractivity contribution in [3.63, 3.8) is 0 Å². The monoisotopic (exact) mass is 1350 g/mol. The maximum Gasteiger partial charge on any atom is 0.472 e. The molecule has 92 heavy (non-hydrogen) atoms. The number of hydrogen-bond donors (Lipinski definition) is 3. The van der Waals surface area contributed by atoms with Crippen LogP contribution >= 0.6 is 15.6 Å². The van der Waals surface area contributed by atoms with E-state index in [0.29, 0.717) is 25.7 Å². The van der Waals surface area contributed by atoms with Crippen LogP contribution in [0.15, 0.2) is 0 Å². The molecule has 0 aliphatic carbocycles. The van der Waals surface area contributed by atoms with Crippen molar-refractivity contribution in [3.8, 4) is 0 Å². The second kappa shape index (κ2) is 63.8. The second-order valence-corrected chi connectivity index (χ2v) is 30.2. The van der Waals surface area contributed by atoms with Gasteiger partial charge in [0.15, 0.2) is 12.2 Å². The molecule has 0 amide bonds. The van der Waals surface area contributed by atoms with Gasteiger partial charge in [-0.3, -0.25) is 37.3 Å². The number of carbonyl (C=O) groups is 4. The average molecular weight is 1350 g/mol. The van der Waals surface area contributed by atoms with Crippen LogP contribution in [0.25, 0.3) is 0 Å². The van der Waals surface area contributed by atoms with Gasteiger partial charge in [-0.05, 0) is 43.4 Å². The molecule has 0 bridgehead atoms. The molecule has 0 aromatic heterocycles. The number of aliphatic hydroxyl groups excluding tert-OH is 1. The van der Waals surface area contributed by atoms with E-state index in [1.807, 2.05) is 0 Å². The smallest absolute Gasteiger partial charge is 0.462 e. The Balaban J connectivity index is 5.27. The van der Waals surface area contributed by atoms with Crippen LogP contribution in [0, 0.1) is 17.8 Å². The predicted octanol–water partition coefficient (Wildman–Crippen LogP) is 21.0. The van der Waals surface area contributed by atoms with Crippen molar-refractivity contribution >= 4 is 39.5 Å². The van der Waals surface area contributed by atoms with Crippen LogP contribution in [0.1, 0.15) is 370 Å². The fraction of sp³-hybridized carbons (Fsp3) is 0.945. The highest BCUT2D eigenvalue weighted by Gasteiger charge is 2.30. The number of rotatable bonds is 71. The summed E-state index contributed by atoms with van der Waals surface area (Å²) >= 11 is 0. The molecule has 0 heterocycles. The Kier molecular flexibility index (Phi) is 62.4. The first-order chi connectivity index (χ1) is 44.3. The zero-order valence-corrected chi connectivity index (χ0v) is 61.8. The summed E-state index contributed by atoms with van der Waals surface area (Å²) in [5.41, 5.74) is 0. The normalized spacial score (nSPS) is 14.7. The van der Waals surface area contributed by atoms with Crippen LogP contribution < -0.4 is 0 Å². The molecule has 0 aromatic rings. The molecule has 0 fully saturated rings. The van der Waals surface area contributed by atoms with E-state index < -0.39 is 97.5 Å². The van der Waals surface area contributed by atoms with E-state index in [1.54, 1.807) is 0 Å². The third-order valence-electron chi connectivity index (χ3n) is 17.6. The van der Waals surface area contributed by atoms with Gasteiger partial charge in [-0.25, -0.2) is 9.13 Å². The van der Waals surface area contributed by atoms with Gasteiger partial charge in [0.25, 0.3) is 0 Å². The summed E-state index contributed by atoms with van der Waals surface area (Å²) in [5.74, 6) is 0.196. The Bertz CT molecular complexity index is 1810. The lowest BCUT2D eigenvalue weighted by molar-refractivity contribution is -0.161. The molecular weight excluding hydrogens is 1210 g/mol. The van der Waals surface area contributed by atoms with Crippen molar-refractivity contribution in [2.45, 2.75) is 388 Å². The van der Waals surface area contributed by atoms with Gasteiger partial charge < -0.3 is 33.8 Å². The highest BCUT2D eigenvalue weighted by atomic mass is 31.2. The van der Waals surface area contributed by atoms with Gasteiger partial charge in [0.2, 0.25) is 0 Å². The molecule has 7 atom stereocenters. The highest BCUT2D eigenvalue weighted by molar-refractivity contribution is 7.47. The molecule has 19 heteroatoms. The molecule has 0 rings (SSSR count). The van der Waals surface area contributed by atoms with E-state index in [0.717, 1.165) is 114 Å². The Labute approximate surface area is 562 Å². The van der Waals surface area contributed by atoms with Gasteiger partial charge in [-0.15, -0.1) is 0 Å². The minimum absolute atomic E-state index is 0.106. The van der Waals surface area contributed by atoms with Gasteiger partial charge >= 0.3 is 39.5 Å². The molecular formula is C73H142O17P2. The third-order valence-corrected chi connectivity index (χ3v) is 19.5. The summed E-state index contributed by atoms with van der Waals surface area (Å²) in [7, 11) is -9.91. The molecule has 4 unspecified atom stereocenters. The van der Waals surface area contributed by atoms with Crippen molar-refractivity contribution < 1.29 is 80.2 Å². The molecule has 17 nitrogen and oxygen atoms in total. The summed E-state index contributed by atoms with van der Waals surface area (Å²) in [5, 5.41) is 10.6. The minimum Gasteiger partial charge on any atom is -0.462 e. The average Bonchev–Trinajstić information content (AvgIpc) is 1.82. The third kappa shape index (κ3) is 64.1. The van der Waals surface area contributed by atoms with Crippen molar-refractivity contribution in [2.75, 3.05) is 39.6 Å². The summed E-state index contributed by atoms with van der Waals surface area (Å²) in [4.78, 5) is 72.7. The zero-order valence-electron chi connectivity index (χ0n) is 60.0. The standard InChI is InChI=1S/C73H142O17P2/c1-8-11-12-13-14-15-16-17-21-28-33-42-49-56-73(78)90-69(61-84-71(76)55-48-41-36-35-39-46-53-66(7)10-3)63-88-92(81,82)86-59-67(74)58-85-91(79,80)87-62-68(60-83-70(75)54-47-40-32-27-24-23-26-31-38-45-52-65(6)9-2)89-72(77)57-50-43-34-29-22-19-18-20-25-30-37-44-51-64(4)5/h64-69,74H,8-63H2,1-7H3,(H,79,80)(H,81,82)/t65?,66?,67-,68-,69-/m1/s1. The largest absolute Gasteiger partial charge is 0.472 e. The van der Waals surface area contributed by atoms with Gasteiger partial charge in [0.1, 0.15) is 19.3 Å². The van der Waals surface area contributed by atoms with Crippen molar-refractivity contribution in [3.05, 3.63) is 0 Å². The fourth-order valence-electron chi connectivity index (χ4n) is 11.0. The lowest BCUT2D eigenvalue weighted by Gasteiger charge is -2.21. The van der Waals surface area contributed by atoms with Gasteiger partial charge in [0.05, 0.1) is 26.4 Å². The van der Waals surface area contributed by atoms with Crippen LogP contribution in [0.4, 0.5) is 0 Å². The van der Waals surface area contributed by atoms with E-state index >= 15 is 0 Å². The van der Waals surface area contributed by atoms with Gasteiger partial charge in [0, 0.05) is 25.7 Å². The summed E-state index contributed by atoms with van der Waals surface area (Å²) in [6, 6.07) is 0. The Morgan fingerprint density at radius 2 is 0.554 bits per heavy atom. The predicted molar refractivity (Wildman–Crippen MR) is 372 cm³/mol. The van der Waals surface area contributed by atoms with E-state index in [9.17, 15) is 43.2 Å². The summed E-state index contributed by atoms with van der Waals surface area (Å²) < 4.78 is 68.4. The molecule has 0 aromatic carbocycles. The molecule has 0 spiro atoms. The number of unbranched alkanes of at least 4 members (excludes halogenated alkanes) is 37. The van der Waals surface area contributed by atoms with Crippen LogP contribution in [0.2, 0.25) is 0 Å². The number of aliphatic hydroxyl groups is 1. The Hall–Kier alpha value is -1.94. The number of ether oxygens (including phenoxy) is 4. The van der Waals surface area contributed by atoms with Crippen LogP contribution in [-0.2, 0) is 65.4 Å². The highest BCUT2D eigenvalue weighted by Crippen LogP contribution is 2.45. The molecule has 3 N–H and O–H groups in total. The molecule has 0 radical (unpaired) electrons. The van der Waals surface area contributed by atoms with Crippen LogP contribution in [0.3, 0.4) is 0 Å². The van der Waals surface area contributed by atoms with Crippen LogP contribution in [-0.4, -0.2) is 96.7 Å². The van der Waals surface area contributed by atoms with Crippen molar-refractivity contribution in [1.29, 1.82) is 0 Å². The maximum absolute atomic E-state index is 13.1. The number of phosphoric ester groups is 2. The van der Waals surface area contributed by atoms with Crippen LogP contribution in [0.5, 0.6) is 0 Å². The first-order valence-corrected chi connectivity index (χ1v) is 40.9. The van der Waals surface area contributed by atoms with Gasteiger partial charge in [-0.1, -0.05) is 318 Å². The molecule has 546 valence electrons. The number of esters is 4. The number of carbonyl (C=O) groups excluding carboxylic acids is 4. The molecule has 0 saturated carbocycles. The van der Waals surface area contributed by atoms with Crippen molar-refractivity contribution in [2.24, 2.45) is 17.8 Å². The maximum atomic E-state index is 13.1. The van der Waals surface area contributed by atoms with Crippen molar-refractivity contribution in [1.82, 2.24) is 0 Å². The second-order valence-electron chi connectivity index (χ2n) is 27.3. The van der Waals surface area contributed by atoms with E-state index in [-0.39, 0.29) is 25.7 Å². The van der Waals surface area contributed by atoms with E-state index in [4.69, 9.17) is 37.0 Å². The quantitative estimate of drug-likeness (QED) is 0.0222. The Morgan fingerprint density at radius 1 is 0.315 bits per heavy atom. The Morgan fingerprint density at radius 3 is 0.826 bits per heavy atom. The fourth-order valence-corrected chi connectivity index (χ4v) is 12.6. The summed E-state index contributed by atoms with van der Waals surface area (Å²) in [6.07, 6.45) is 48.4. The van der Waals surface area contributed by atoms with Gasteiger partial charge in [-0.2, -0.15) is 0 Å². The van der Waals surface area contributed by atoms with E-state index in [1.165, 1.54) is 173 Å². The zero-order chi connectivity index (χ0) is 68.0. The SMILES string of the molecule is CCCCCCCCCCCCCCCC(=O)O[C@H](COC(=O)CCCCCCCCC(C)CC)COP(=O)(O)OC[C@H](O)COP(=O)(O)OC[C@@H](COC(=O)CCCCCCCCCCCCC(C)CC)OC(=O)CCCCCCCCCCCCCCC(C)C. The lowest BCUT2D eigenvalue weighted by atomic mass is 9.99. The van der Waals surface area contributed by atoms with E-state index in [2.05, 4.69) is 48.5 Å².